The van der Waals surface area contributed by atoms with E-state index in [0.29, 0.717) is 18.4 Å². The van der Waals surface area contributed by atoms with Crippen molar-refractivity contribution in [1.82, 2.24) is 5.32 Å². The van der Waals surface area contributed by atoms with Crippen LogP contribution in [0.4, 0.5) is 5.69 Å². The molecule has 7 nitrogen and oxygen atoms in total. The maximum atomic E-state index is 8.58. The van der Waals surface area contributed by atoms with Gasteiger partial charge in [-0.15, -0.1) is 0 Å². The van der Waals surface area contributed by atoms with Crippen molar-refractivity contribution in [3.8, 4) is 0 Å². The Balaban J connectivity index is 0.000000822. The highest BCUT2D eigenvalue weighted by Crippen LogP contribution is 2.53. The first-order chi connectivity index (χ1) is 15.5. The minimum absolute atomic E-state index is 0.216. The number of carbonyl (C=O) groups is 1. The topological polar surface area (TPSA) is 126 Å². The van der Waals surface area contributed by atoms with Crippen molar-refractivity contribution < 1.29 is 9.90 Å². The molecule has 8 heteroatoms. The Labute approximate surface area is 198 Å². The van der Waals surface area contributed by atoms with Gasteiger partial charge < -0.3 is 27.2 Å². The fraction of sp³-hybridized carbons (Fsp3) is 0.583. The molecule has 7 N–H and O–H groups in total. The van der Waals surface area contributed by atoms with E-state index >= 15 is 0 Å². The molecule has 3 rings (SSSR count). The number of nitrogens with two attached hydrogens (primary N) is 2. The third-order valence-electron chi connectivity index (χ3n) is 4.69. The number of aliphatic hydroxyl groups is 1. The van der Waals surface area contributed by atoms with Gasteiger partial charge in [-0.25, -0.2) is 4.99 Å². The summed E-state index contributed by atoms with van der Waals surface area (Å²) in [5, 5.41) is 14.3. The third kappa shape index (κ3) is 11.5. The monoisotopic (exact) mass is 465 g/mol. The Kier molecular flexibility index (Phi) is 16.4. The number of nitrogens with zero attached hydrogens (tertiary/aromatic N) is 1. The molecule has 2 aliphatic rings. The molecule has 1 amide bonds. The second-order valence-corrected chi connectivity index (χ2v) is 8.34. The predicted octanol–water partition coefficient (Wildman–Crippen LogP) is 3.48. The maximum Gasteiger partial charge on any atom is 0.204 e. The van der Waals surface area contributed by atoms with Gasteiger partial charge in [0.2, 0.25) is 6.41 Å². The van der Waals surface area contributed by atoms with Crippen LogP contribution >= 0.6 is 11.8 Å². The minimum atomic E-state index is 0.216. The van der Waals surface area contributed by atoms with Crippen LogP contribution in [-0.4, -0.2) is 54.6 Å². The van der Waals surface area contributed by atoms with Crippen molar-refractivity contribution in [3.05, 3.63) is 41.6 Å². The molecule has 0 bridgehead atoms. The van der Waals surface area contributed by atoms with Gasteiger partial charge in [0, 0.05) is 23.8 Å². The van der Waals surface area contributed by atoms with Gasteiger partial charge in [-0.3, -0.25) is 4.79 Å². The van der Waals surface area contributed by atoms with E-state index in [0.717, 1.165) is 17.7 Å². The average Bonchev–Trinajstić information content (AvgIpc) is 3.73. The van der Waals surface area contributed by atoms with Crippen molar-refractivity contribution in [2.75, 3.05) is 31.8 Å². The lowest BCUT2D eigenvalue weighted by atomic mass is 10.1. The lowest BCUT2D eigenvalue weighted by molar-refractivity contribution is -0.106. The number of rotatable bonds is 9. The number of hydrogen-bond acceptors (Lipinski definition) is 6. The van der Waals surface area contributed by atoms with Crippen LogP contribution in [0.25, 0.3) is 0 Å². The van der Waals surface area contributed by atoms with E-state index in [1.165, 1.54) is 31.4 Å². The number of primary amides is 1. The molecule has 0 aliphatic heterocycles. The molecule has 32 heavy (non-hydrogen) atoms. The number of aliphatic imine (C=N–C) groups is 1. The number of thioether (sulfide) groups is 1. The summed E-state index contributed by atoms with van der Waals surface area (Å²) in [5.41, 5.74) is 13.7. The number of amides is 1. The summed E-state index contributed by atoms with van der Waals surface area (Å²) in [4.78, 5) is 13.3. The number of allylic oxidation sites excluding steroid dienone is 1. The van der Waals surface area contributed by atoms with Gasteiger partial charge in [-0.2, -0.15) is 11.8 Å². The molecule has 2 aliphatic carbocycles. The second-order valence-electron chi connectivity index (χ2n) is 7.15. The number of nitrogens with one attached hydrogen (secondary N) is 2. The average molecular weight is 466 g/mol. The van der Waals surface area contributed by atoms with Crippen molar-refractivity contribution in [2.45, 2.75) is 63.7 Å². The summed E-state index contributed by atoms with van der Waals surface area (Å²) < 4.78 is 0.216. The highest BCUT2D eigenvalue weighted by Gasteiger charge is 2.45. The van der Waals surface area contributed by atoms with Crippen LogP contribution in [-0.2, 0) is 4.79 Å². The van der Waals surface area contributed by atoms with E-state index in [-0.39, 0.29) is 17.8 Å². The summed E-state index contributed by atoms with van der Waals surface area (Å²) in [5.74, 6) is 0.623. The molecule has 0 aromatic heterocycles. The highest BCUT2D eigenvalue weighted by atomic mass is 32.2. The van der Waals surface area contributed by atoms with E-state index in [1.807, 2.05) is 25.6 Å². The summed E-state index contributed by atoms with van der Waals surface area (Å²) >= 11 is 1.90. The van der Waals surface area contributed by atoms with E-state index < -0.39 is 0 Å². The first-order valence-corrected chi connectivity index (χ1v) is 12.6. The highest BCUT2D eigenvalue weighted by molar-refractivity contribution is 8.00. The molecule has 2 fully saturated rings. The molecule has 0 radical (unpaired) electrons. The Morgan fingerprint density at radius 1 is 1.28 bits per heavy atom. The normalized spacial score (nSPS) is 16.2. The van der Waals surface area contributed by atoms with Crippen LogP contribution in [0.3, 0.4) is 0 Å². The standard InChI is InChI=1S/C18H25N3S.C3H9NO.C2H6.CH3NO/c1-3-4-16(18(22-2)11-12-18)21-17(19)13-5-7-14(8-6-13)20-15-9-10-15;1-4-2-3-5;1-2;2-1-3/h4-8,15,20H,3,9-12H2,1-2H3,(H2,19,21);4-5H,2-3H2,1H3;1-2H3;1H,(H2,2,3)/b16-4-;;;. The summed E-state index contributed by atoms with van der Waals surface area (Å²) in [6, 6.07) is 8.99. The smallest absolute Gasteiger partial charge is 0.204 e. The molecule has 0 atom stereocenters. The molecule has 0 heterocycles. The van der Waals surface area contributed by atoms with Gasteiger partial charge in [-0.1, -0.05) is 26.8 Å². The van der Waals surface area contributed by atoms with E-state index in [9.17, 15) is 0 Å². The van der Waals surface area contributed by atoms with Crippen LogP contribution in [0, 0.1) is 0 Å². The molecule has 2 saturated carbocycles. The largest absolute Gasteiger partial charge is 0.395 e. The zero-order valence-corrected chi connectivity index (χ0v) is 21.2. The predicted molar refractivity (Wildman–Crippen MR) is 140 cm³/mol. The first kappa shape index (κ1) is 30.0. The Bertz CT molecular complexity index is 682. The Hall–Kier alpha value is -2.03. The van der Waals surface area contributed by atoms with E-state index in [1.54, 1.807) is 7.05 Å². The molecular weight excluding hydrogens is 422 g/mol. The van der Waals surface area contributed by atoms with Gasteiger partial charge in [0.1, 0.15) is 5.84 Å². The van der Waals surface area contributed by atoms with Crippen molar-refractivity contribution in [1.29, 1.82) is 0 Å². The van der Waals surface area contributed by atoms with Crippen molar-refractivity contribution in [3.63, 3.8) is 0 Å². The molecule has 1 aromatic carbocycles. The number of anilines is 1. The number of likely N-dealkylation sites (N-methyl/N-ethyl adjacent to an activating group) is 1. The van der Waals surface area contributed by atoms with Gasteiger partial charge >= 0.3 is 0 Å². The lowest BCUT2D eigenvalue weighted by Crippen LogP contribution is -2.16. The number of aliphatic hydroxyl groups excluding tert-OH is 1. The van der Waals surface area contributed by atoms with Gasteiger partial charge in [0.15, 0.2) is 0 Å². The minimum Gasteiger partial charge on any atom is -0.395 e. The summed E-state index contributed by atoms with van der Waals surface area (Å²) in [6.45, 7) is 7.08. The first-order valence-electron chi connectivity index (χ1n) is 11.4. The van der Waals surface area contributed by atoms with Crippen LogP contribution in [0.5, 0.6) is 0 Å². The zero-order valence-electron chi connectivity index (χ0n) is 20.4. The molecule has 0 spiro atoms. The molecule has 0 saturated heterocycles. The Morgan fingerprint density at radius 3 is 2.19 bits per heavy atom. The van der Waals surface area contributed by atoms with Crippen LogP contribution in [0.15, 0.2) is 41.0 Å². The van der Waals surface area contributed by atoms with Crippen LogP contribution in [0.2, 0.25) is 0 Å². The Morgan fingerprint density at radius 2 is 1.84 bits per heavy atom. The fourth-order valence-corrected chi connectivity index (χ4v) is 3.56. The van der Waals surface area contributed by atoms with E-state index in [2.05, 4.69) is 59.9 Å². The van der Waals surface area contributed by atoms with Gasteiger partial charge in [-0.05, 0) is 69.7 Å². The fourth-order valence-electron chi connectivity index (χ4n) is 2.71. The van der Waals surface area contributed by atoms with Crippen molar-refractivity contribution >= 4 is 29.7 Å². The summed E-state index contributed by atoms with van der Waals surface area (Å²) in [7, 11) is 1.80. The molecule has 0 unspecified atom stereocenters. The number of hydrogen-bond donors (Lipinski definition) is 5. The van der Waals surface area contributed by atoms with Crippen LogP contribution < -0.4 is 22.1 Å². The second kappa shape index (κ2) is 17.5. The molecule has 1 aromatic rings. The van der Waals surface area contributed by atoms with Gasteiger partial charge in [0.25, 0.3) is 0 Å². The molecular formula is C24H43N5O2S. The zero-order chi connectivity index (χ0) is 24.4. The third-order valence-corrected chi connectivity index (χ3v) is 6.09. The molecule has 182 valence electrons. The number of benzene rings is 1. The maximum absolute atomic E-state index is 8.58. The quantitative estimate of drug-likeness (QED) is 0.216. The van der Waals surface area contributed by atoms with Crippen molar-refractivity contribution in [2.24, 2.45) is 16.5 Å². The van der Waals surface area contributed by atoms with E-state index in [4.69, 9.17) is 20.6 Å². The summed E-state index contributed by atoms with van der Waals surface area (Å²) in [6.07, 6.45) is 10.6. The lowest BCUT2D eigenvalue weighted by Gasteiger charge is -2.14. The van der Waals surface area contributed by atoms with Gasteiger partial charge in [0.05, 0.1) is 17.1 Å². The van der Waals surface area contributed by atoms with Crippen LogP contribution in [0.1, 0.15) is 58.4 Å². The SMILES string of the molecule is CC.CC/C=C(\N=C(N)c1ccc(NC2CC2)cc1)C1(SC)CC1.CNCCO.NC=O. The number of amidine groups is 1. The number of carbonyl (C=O) groups excluding carboxylic acids is 1.